The minimum Gasteiger partial charge on any atom is -0.497 e. The summed E-state index contributed by atoms with van der Waals surface area (Å²) in [6.45, 7) is 4.32. The number of hydrogen-bond acceptors (Lipinski definition) is 6. The zero-order valence-corrected chi connectivity index (χ0v) is 18.2. The summed E-state index contributed by atoms with van der Waals surface area (Å²) in [5.74, 6) is 1.05. The number of ether oxygens (including phenoxy) is 2. The van der Waals surface area contributed by atoms with Crippen molar-refractivity contribution in [3.63, 3.8) is 0 Å². The first kappa shape index (κ1) is 22.0. The molecule has 0 bridgehead atoms. The average Bonchev–Trinajstić information content (AvgIpc) is 3.18. The van der Waals surface area contributed by atoms with Crippen molar-refractivity contribution in [1.29, 1.82) is 0 Å². The molecule has 1 fully saturated rings. The maximum absolute atomic E-state index is 13.6. The molecule has 0 unspecified atom stereocenters. The quantitative estimate of drug-likeness (QED) is 0.550. The number of halogens is 2. The second-order valence-electron chi connectivity index (χ2n) is 7.92. The number of likely N-dealkylation sites (tertiary alicyclic amines) is 1. The molecule has 0 spiro atoms. The second-order valence-corrected chi connectivity index (χ2v) is 7.92. The number of alkyl halides is 2. The number of rotatable bonds is 6. The van der Waals surface area contributed by atoms with E-state index >= 15 is 0 Å². The van der Waals surface area contributed by atoms with E-state index in [1.165, 1.54) is 6.07 Å². The number of carbonyl (C=O) groups excluding carboxylic acids is 1. The Morgan fingerprint density at radius 1 is 1.22 bits per heavy atom. The maximum Gasteiger partial charge on any atom is 0.264 e. The van der Waals surface area contributed by atoms with Gasteiger partial charge in [0.05, 0.1) is 18.2 Å². The van der Waals surface area contributed by atoms with Crippen molar-refractivity contribution in [1.82, 2.24) is 15.0 Å². The summed E-state index contributed by atoms with van der Waals surface area (Å²) in [5.41, 5.74) is 0.980. The normalized spacial score (nSPS) is 15.9. The largest absolute Gasteiger partial charge is 0.497 e. The van der Waals surface area contributed by atoms with Gasteiger partial charge in [-0.1, -0.05) is 11.2 Å². The lowest BCUT2D eigenvalue weighted by Crippen LogP contribution is -2.44. The zero-order chi connectivity index (χ0) is 22.8. The molecule has 32 heavy (non-hydrogen) atoms. The first-order chi connectivity index (χ1) is 15.4. The molecule has 0 aliphatic carbocycles. The highest BCUT2D eigenvalue weighted by Gasteiger charge is 2.30. The van der Waals surface area contributed by atoms with Gasteiger partial charge >= 0.3 is 0 Å². The molecule has 170 valence electrons. The van der Waals surface area contributed by atoms with Crippen LogP contribution in [0.3, 0.4) is 0 Å². The molecular weight excluding hydrogens is 420 g/mol. The molecular formula is C23H25F2N3O4. The first-order valence-corrected chi connectivity index (χ1v) is 10.5. The molecule has 1 aliphatic rings. The Morgan fingerprint density at radius 3 is 2.62 bits per heavy atom. The molecule has 4 rings (SSSR count). The third kappa shape index (κ3) is 4.37. The molecule has 1 atom stereocenters. The smallest absolute Gasteiger partial charge is 0.264 e. The molecule has 1 aliphatic heterocycles. The van der Waals surface area contributed by atoms with Crippen molar-refractivity contribution in [3.8, 4) is 11.5 Å². The fraction of sp³-hybridized carbons (Fsp3) is 0.435. The van der Waals surface area contributed by atoms with Crippen LogP contribution in [0.1, 0.15) is 49.1 Å². The van der Waals surface area contributed by atoms with Gasteiger partial charge < -0.3 is 18.9 Å². The van der Waals surface area contributed by atoms with E-state index in [4.69, 9.17) is 14.0 Å². The third-order valence-electron chi connectivity index (χ3n) is 5.83. The summed E-state index contributed by atoms with van der Waals surface area (Å²) in [7, 11) is 1.57. The fourth-order valence-corrected chi connectivity index (χ4v) is 4.11. The number of carbonyl (C=O) groups is 1. The Morgan fingerprint density at radius 2 is 1.94 bits per heavy atom. The van der Waals surface area contributed by atoms with Gasteiger partial charge in [0.25, 0.3) is 18.0 Å². The maximum atomic E-state index is 13.6. The van der Waals surface area contributed by atoms with E-state index in [1.54, 1.807) is 50.1 Å². The van der Waals surface area contributed by atoms with Gasteiger partial charge in [0, 0.05) is 36.3 Å². The van der Waals surface area contributed by atoms with E-state index in [-0.39, 0.29) is 28.5 Å². The van der Waals surface area contributed by atoms with Gasteiger partial charge in [-0.15, -0.1) is 0 Å². The van der Waals surface area contributed by atoms with Gasteiger partial charge in [0.1, 0.15) is 11.5 Å². The lowest BCUT2D eigenvalue weighted by atomic mass is 9.91. The summed E-state index contributed by atoms with van der Waals surface area (Å²) in [4.78, 5) is 19.0. The van der Waals surface area contributed by atoms with Crippen LogP contribution < -0.4 is 9.47 Å². The summed E-state index contributed by atoms with van der Waals surface area (Å²) in [5, 5.41) is 4.06. The number of benzene rings is 1. The lowest BCUT2D eigenvalue weighted by molar-refractivity contribution is -0.139. The van der Waals surface area contributed by atoms with Crippen LogP contribution in [-0.4, -0.2) is 47.3 Å². The van der Waals surface area contributed by atoms with E-state index < -0.39 is 12.5 Å². The van der Waals surface area contributed by atoms with E-state index in [0.717, 1.165) is 0 Å². The molecule has 0 saturated carbocycles. The zero-order valence-electron chi connectivity index (χ0n) is 18.2. The van der Waals surface area contributed by atoms with E-state index in [0.29, 0.717) is 48.8 Å². The monoisotopic (exact) mass is 445 g/mol. The minimum absolute atomic E-state index is 0.0408. The van der Waals surface area contributed by atoms with Crippen molar-refractivity contribution >= 4 is 17.0 Å². The van der Waals surface area contributed by atoms with Gasteiger partial charge in [-0.3, -0.25) is 4.79 Å². The lowest BCUT2D eigenvalue weighted by Gasteiger charge is -2.33. The van der Waals surface area contributed by atoms with Crippen LogP contribution in [0.15, 0.2) is 34.9 Å². The van der Waals surface area contributed by atoms with Crippen LogP contribution >= 0.6 is 0 Å². The van der Waals surface area contributed by atoms with Crippen LogP contribution in [0, 0.1) is 6.92 Å². The van der Waals surface area contributed by atoms with Crippen molar-refractivity contribution < 1.29 is 27.6 Å². The van der Waals surface area contributed by atoms with Gasteiger partial charge in [-0.05, 0) is 44.9 Å². The highest BCUT2D eigenvalue weighted by atomic mass is 19.3. The van der Waals surface area contributed by atoms with E-state index in [9.17, 15) is 13.6 Å². The molecule has 9 heteroatoms. The molecule has 1 amide bonds. The molecule has 2 aromatic heterocycles. The number of fused-ring (bicyclic) bond motifs is 1. The summed E-state index contributed by atoms with van der Waals surface area (Å²) in [6, 6.07) is 8.54. The molecule has 0 radical (unpaired) electrons. The van der Waals surface area contributed by atoms with Crippen LogP contribution in [0.5, 0.6) is 11.5 Å². The third-order valence-corrected chi connectivity index (χ3v) is 5.83. The summed E-state index contributed by atoms with van der Waals surface area (Å²) >= 11 is 0. The Kier molecular flexibility index (Phi) is 6.25. The number of piperidine rings is 1. The average molecular weight is 445 g/mol. The predicted octanol–water partition coefficient (Wildman–Crippen LogP) is 4.65. The highest BCUT2D eigenvalue weighted by molar-refractivity contribution is 5.81. The van der Waals surface area contributed by atoms with Crippen LogP contribution in [0.25, 0.3) is 11.1 Å². The van der Waals surface area contributed by atoms with Gasteiger partial charge in [-0.25, -0.2) is 13.8 Å². The Labute approximate surface area is 184 Å². The summed E-state index contributed by atoms with van der Waals surface area (Å²) < 4.78 is 43.3. The number of amides is 1. The molecule has 0 N–H and O–H groups in total. The molecule has 3 aromatic rings. The molecule has 3 heterocycles. The highest BCUT2D eigenvalue weighted by Crippen LogP contribution is 2.35. The van der Waals surface area contributed by atoms with Crippen LogP contribution in [0.2, 0.25) is 0 Å². The Hall–Kier alpha value is -3.23. The van der Waals surface area contributed by atoms with Gasteiger partial charge in [-0.2, -0.15) is 0 Å². The first-order valence-electron chi connectivity index (χ1n) is 10.5. The van der Waals surface area contributed by atoms with Gasteiger partial charge in [0.15, 0.2) is 6.10 Å². The van der Waals surface area contributed by atoms with Crippen molar-refractivity contribution in [2.24, 2.45) is 0 Å². The fourth-order valence-electron chi connectivity index (χ4n) is 4.11. The SMILES string of the molecule is COc1cccc(O[C@H](C)C(=O)N2CCC(c3cc(C(F)F)c4c(C)noc4n3)CC2)c1. The predicted molar refractivity (Wildman–Crippen MR) is 113 cm³/mol. The second kappa shape index (κ2) is 9.10. The molecule has 1 saturated heterocycles. The van der Waals surface area contributed by atoms with Crippen molar-refractivity contribution in [3.05, 3.63) is 47.3 Å². The number of aromatic nitrogens is 2. The van der Waals surface area contributed by atoms with Crippen molar-refractivity contribution in [2.75, 3.05) is 20.2 Å². The number of methoxy groups -OCH3 is 1. The van der Waals surface area contributed by atoms with E-state index in [2.05, 4.69) is 10.1 Å². The topological polar surface area (TPSA) is 77.7 Å². The standard InChI is InChI=1S/C23H25F2N3O4/c1-13-20-18(21(24)25)12-19(26-22(20)32-27-13)15-7-9-28(10-8-15)23(29)14(2)31-17-6-4-5-16(11-17)30-3/h4-6,11-12,14-15,21H,7-10H2,1-3H3/t14-/m1/s1. The van der Waals surface area contributed by atoms with E-state index in [1.807, 2.05) is 0 Å². The van der Waals surface area contributed by atoms with Crippen LogP contribution in [-0.2, 0) is 4.79 Å². The van der Waals surface area contributed by atoms with Crippen LogP contribution in [0.4, 0.5) is 8.78 Å². The summed E-state index contributed by atoms with van der Waals surface area (Å²) in [6.07, 6.45) is -2.07. The molecule has 1 aromatic carbocycles. The Bertz CT molecular complexity index is 1110. The molecule has 7 nitrogen and oxygen atoms in total. The Balaban J connectivity index is 1.42. The number of hydrogen-bond donors (Lipinski definition) is 0. The number of pyridine rings is 1. The number of nitrogens with zero attached hydrogens (tertiary/aromatic N) is 3. The van der Waals surface area contributed by atoms with Crippen molar-refractivity contribution in [2.45, 2.75) is 45.1 Å². The van der Waals surface area contributed by atoms with Gasteiger partial charge in [0.2, 0.25) is 0 Å². The number of aryl methyl sites for hydroxylation is 1. The minimum atomic E-state index is -2.64.